The van der Waals surface area contributed by atoms with Crippen LogP contribution in [-0.4, -0.2) is 58.9 Å². The predicted octanol–water partition coefficient (Wildman–Crippen LogP) is 4.85. The standard InChI is InChI=1S/C29H33FN4O3/c1-19(2)34-16-20(3)26(18-33(4)17-21-8-10-22(30)11-9-21)37-27-24(6-5-7-25(27)29(34)36)28(35)32-23-12-14-31-15-13-23/h5-15,19-20,26H,16-18H2,1-4H3,(H,31,32,35)/t20-,26+/m0/s1. The van der Waals surface area contributed by atoms with Crippen LogP contribution in [-0.2, 0) is 6.54 Å². The van der Waals surface area contributed by atoms with Crippen molar-refractivity contribution < 1.29 is 18.7 Å². The molecule has 0 bridgehead atoms. The molecule has 37 heavy (non-hydrogen) atoms. The molecule has 0 saturated heterocycles. The number of amides is 2. The maximum absolute atomic E-state index is 13.6. The van der Waals surface area contributed by atoms with Gasteiger partial charge in [0.25, 0.3) is 11.8 Å². The number of carbonyl (C=O) groups excluding carboxylic acids is 2. The molecule has 194 valence electrons. The van der Waals surface area contributed by atoms with Crippen molar-refractivity contribution in [2.75, 3.05) is 25.5 Å². The molecule has 0 spiro atoms. The molecule has 3 aromatic rings. The Labute approximate surface area is 217 Å². The number of halogens is 1. The Morgan fingerprint density at radius 3 is 2.54 bits per heavy atom. The van der Waals surface area contributed by atoms with E-state index in [9.17, 15) is 14.0 Å². The molecule has 0 saturated carbocycles. The Morgan fingerprint density at radius 1 is 1.16 bits per heavy atom. The molecule has 1 aromatic heterocycles. The zero-order valence-corrected chi connectivity index (χ0v) is 21.6. The molecule has 0 aliphatic carbocycles. The fourth-order valence-electron chi connectivity index (χ4n) is 4.51. The van der Waals surface area contributed by atoms with Gasteiger partial charge in [-0.3, -0.25) is 19.5 Å². The second kappa shape index (κ2) is 11.5. The molecule has 4 rings (SSSR count). The molecule has 7 nitrogen and oxygen atoms in total. The highest BCUT2D eigenvalue weighted by Crippen LogP contribution is 2.32. The van der Waals surface area contributed by atoms with Crippen LogP contribution in [0.1, 0.15) is 47.1 Å². The van der Waals surface area contributed by atoms with Crippen LogP contribution in [0.5, 0.6) is 5.75 Å². The van der Waals surface area contributed by atoms with Gasteiger partial charge < -0.3 is 15.0 Å². The molecule has 2 amide bonds. The number of benzene rings is 2. The number of likely N-dealkylation sites (N-methyl/N-ethyl adjacent to an activating group) is 1. The largest absolute Gasteiger partial charge is 0.487 e. The number of fused-ring (bicyclic) bond motifs is 1. The van der Waals surface area contributed by atoms with Crippen molar-refractivity contribution in [3.8, 4) is 5.75 Å². The highest BCUT2D eigenvalue weighted by Gasteiger charge is 2.34. The van der Waals surface area contributed by atoms with Gasteiger partial charge in [0.1, 0.15) is 17.7 Å². The summed E-state index contributed by atoms with van der Waals surface area (Å²) in [4.78, 5) is 34.8. The van der Waals surface area contributed by atoms with Crippen LogP contribution in [0.25, 0.3) is 0 Å². The minimum atomic E-state index is -0.362. The Bertz CT molecular complexity index is 1230. The summed E-state index contributed by atoms with van der Waals surface area (Å²) in [5, 5.41) is 2.87. The SMILES string of the molecule is CC(C)N1C[C@H](C)[C@@H](CN(C)Cc2ccc(F)cc2)Oc2c(C(=O)Nc3ccncc3)cccc2C1=O. The van der Waals surface area contributed by atoms with Crippen molar-refractivity contribution in [2.45, 2.75) is 39.5 Å². The monoisotopic (exact) mass is 504 g/mol. The van der Waals surface area contributed by atoms with E-state index in [1.165, 1.54) is 12.1 Å². The first-order chi connectivity index (χ1) is 17.7. The summed E-state index contributed by atoms with van der Waals surface area (Å²) >= 11 is 0. The van der Waals surface area contributed by atoms with Gasteiger partial charge >= 0.3 is 0 Å². The van der Waals surface area contributed by atoms with E-state index in [1.54, 1.807) is 54.9 Å². The third-order valence-electron chi connectivity index (χ3n) is 6.56. The third-order valence-corrected chi connectivity index (χ3v) is 6.56. The molecule has 2 aromatic carbocycles. The topological polar surface area (TPSA) is 74.8 Å². The van der Waals surface area contributed by atoms with Crippen molar-refractivity contribution in [1.29, 1.82) is 0 Å². The van der Waals surface area contributed by atoms with Crippen LogP contribution < -0.4 is 10.1 Å². The first kappa shape index (κ1) is 26.3. The molecule has 0 radical (unpaired) electrons. The maximum Gasteiger partial charge on any atom is 0.259 e. The van der Waals surface area contributed by atoms with E-state index < -0.39 is 0 Å². The van der Waals surface area contributed by atoms with Gasteiger partial charge in [-0.15, -0.1) is 0 Å². The van der Waals surface area contributed by atoms with E-state index in [0.717, 1.165) is 5.56 Å². The average Bonchev–Trinajstić information content (AvgIpc) is 2.87. The van der Waals surface area contributed by atoms with Crippen molar-refractivity contribution in [2.24, 2.45) is 5.92 Å². The molecule has 2 heterocycles. The highest BCUT2D eigenvalue weighted by atomic mass is 19.1. The van der Waals surface area contributed by atoms with Crippen molar-refractivity contribution in [1.82, 2.24) is 14.8 Å². The van der Waals surface area contributed by atoms with E-state index in [-0.39, 0.29) is 41.4 Å². The lowest BCUT2D eigenvalue weighted by Crippen LogP contribution is -2.48. The summed E-state index contributed by atoms with van der Waals surface area (Å²) in [5.41, 5.74) is 2.25. The number of hydrogen-bond acceptors (Lipinski definition) is 5. The van der Waals surface area contributed by atoms with E-state index in [0.29, 0.717) is 36.4 Å². The molecule has 0 unspecified atom stereocenters. The van der Waals surface area contributed by atoms with Crippen LogP contribution in [0.2, 0.25) is 0 Å². The molecular formula is C29H33FN4O3. The summed E-state index contributed by atoms with van der Waals surface area (Å²) in [6, 6.07) is 14.9. The van der Waals surface area contributed by atoms with Gasteiger partial charge in [0.2, 0.25) is 0 Å². The minimum Gasteiger partial charge on any atom is -0.487 e. The fraction of sp³-hybridized carbons (Fsp3) is 0.345. The summed E-state index contributed by atoms with van der Waals surface area (Å²) in [6.45, 7) is 7.72. The fourth-order valence-corrected chi connectivity index (χ4v) is 4.51. The van der Waals surface area contributed by atoms with Gasteiger partial charge in [-0.2, -0.15) is 0 Å². The van der Waals surface area contributed by atoms with Crippen LogP contribution in [0, 0.1) is 11.7 Å². The first-order valence-electron chi connectivity index (χ1n) is 12.5. The third kappa shape index (κ3) is 6.32. The summed E-state index contributed by atoms with van der Waals surface area (Å²) in [6.07, 6.45) is 2.90. The Kier molecular flexibility index (Phi) is 8.18. The maximum atomic E-state index is 13.6. The molecule has 0 fully saturated rings. The van der Waals surface area contributed by atoms with Gasteiger partial charge in [0.15, 0.2) is 0 Å². The second-order valence-corrected chi connectivity index (χ2v) is 9.88. The zero-order valence-electron chi connectivity index (χ0n) is 21.6. The van der Waals surface area contributed by atoms with Crippen LogP contribution >= 0.6 is 0 Å². The number of pyridine rings is 1. The number of rotatable bonds is 7. The van der Waals surface area contributed by atoms with Crippen LogP contribution in [0.3, 0.4) is 0 Å². The van der Waals surface area contributed by atoms with Crippen molar-refractivity contribution >= 4 is 17.5 Å². The van der Waals surface area contributed by atoms with E-state index >= 15 is 0 Å². The highest BCUT2D eigenvalue weighted by molar-refractivity contribution is 6.09. The first-order valence-corrected chi connectivity index (χ1v) is 12.5. The number of para-hydroxylation sites is 1. The van der Waals surface area contributed by atoms with E-state index in [4.69, 9.17) is 4.74 Å². The molecule has 8 heteroatoms. The Balaban J connectivity index is 1.66. The molecule has 1 N–H and O–H groups in total. The lowest BCUT2D eigenvalue weighted by atomic mass is 9.98. The van der Waals surface area contributed by atoms with Crippen molar-refractivity contribution in [3.05, 3.63) is 89.5 Å². The molecule has 1 aliphatic rings. The molecular weight excluding hydrogens is 471 g/mol. The van der Waals surface area contributed by atoms with Gasteiger partial charge in [-0.25, -0.2) is 4.39 Å². The smallest absolute Gasteiger partial charge is 0.259 e. The summed E-state index contributed by atoms with van der Waals surface area (Å²) < 4.78 is 19.9. The van der Waals surface area contributed by atoms with Crippen LogP contribution in [0.4, 0.5) is 10.1 Å². The normalized spacial score (nSPS) is 17.7. The number of nitrogens with one attached hydrogen (secondary N) is 1. The van der Waals surface area contributed by atoms with Gasteiger partial charge in [-0.1, -0.05) is 25.1 Å². The number of carbonyl (C=O) groups is 2. The molecule has 1 aliphatic heterocycles. The minimum absolute atomic E-state index is 0.00789. The summed E-state index contributed by atoms with van der Waals surface area (Å²) in [7, 11) is 1.98. The lowest BCUT2D eigenvalue weighted by molar-refractivity contribution is 0.0427. The average molecular weight is 505 g/mol. The number of anilines is 1. The number of nitrogens with zero attached hydrogens (tertiary/aromatic N) is 3. The Morgan fingerprint density at radius 2 is 1.86 bits per heavy atom. The number of hydrogen-bond donors (Lipinski definition) is 1. The molecule has 2 atom stereocenters. The number of aromatic nitrogens is 1. The van der Waals surface area contributed by atoms with Gasteiger partial charge in [0, 0.05) is 49.7 Å². The predicted molar refractivity (Wildman–Crippen MR) is 141 cm³/mol. The van der Waals surface area contributed by atoms with Gasteiger partial charge in [0.05, 0.1) is 11.1 Å². The second-order valence-electron chi connectivity index (χ2n) is 9.88. The Hall–Kier alpha value is -3.78. The van der Waals surface area contributed by atoms with Gasteiger partial charge in [-0.05, 0) is 62.9 Å². The number of ether oxygens (including phenoxy) is 1. The van der Waals surface area contributed by atoms with Crippen molar-refractivity contribution in [3.63, 3.8) is 0 Å². The van der Waals surface area contributed by atoms with E-state index in [1.807, 2.05) is 25.8 Å². The quantitative estimate of drug-likeness (QED) is 0.498. The lowest BCUT2D eigenvalue weighted by Gasteiger charge is -2.38. The van der Waals surface area contributed by atoms with E-state index in [2.05, 4.69) is 22.1 Å². The zero-order chi connectivity index (χ0) is 26.5. The summed E-state index contributed by atoms with van der Waals surface area (Å²) in [5.74, 6) is -0.508. The van der Waals surface area contributed by atoms with Crippen LogP contribution in [0.15, 0.2) is 67.0 Å².